The van der Waals surface area contributed by atoms with Crippen LogP contribution in [-0.4, -0.2) is 61.6 Å². The predicted octanol–water partition coefficient (Wildman–Crippen LogP) is 3.74. The molecular weight excluding hydrogens is 423 g/mol. The van der Waals surface area contributed by atoms with E-state index in [0.29, 0.717) is 12.4 Å². The van der Waals surface area contributed by atoms with E-state index in [1.165, 1.54) is 25.7 Å². The average Bonchev–Trinajstić information content (AvgIpc) is 3.15. The summed E-state index contributed by atoms with van der Waals surface area (Å²) < 4.78 is 1.79. The van der Waals surface area contributed by atoms with Gasteiger partial charge in [-0.3, -0.25) is 9.69 Å². The molecular formula is C21H32Cl2N6O. The molecule has 2 fully saturated rings. The third kappa shape index (κ3) is 5.50. The Bertz CT molecular complexity index is 788. The molecule has 2 aromatic heterocycles. The van der Waals surface area contributed by atoms with Crippen LogP contribution in [0.1, 0.15) is 62.2 Å². The van der Waals surface area contributed by atoms with Crippen LogP contribution in [-0.2, 0) is 4.79 Å². The van der Waals surface area contributed by atoms with Gasteiger partial charge in [0.15, 0.2) is 0 Å². The summed E-state index contributed by atoms with van der Waals surface area (Å²) in [6, 6.07) is 1.88. The minimum Gasteiger partial charge on any atom is -0.343 e. The van der Waals surface area contributed by atoms with Crippen LogP contribution >= 0.6 is 24.8 Å². The number of amides is 1. The summed E-state index contributed by atoms with van der Waals surface area (Å²) in [7, 11) is 0. The maximum absolute atomic E-state index is 13.1. The van der Waals surface area contributed by atoms with Gasteiger partial charge in [0.1, 0.15) is 0 Å². The molecule has 2 saturated heterocycles. The second-order valence-electron chi connectivity index (χ2n) is 7.90. The van der Waals surface area contributed by atoms with Crippen molar-refractivity contribution in [2.24, 2.45) is 0 Å². The zero-order valence-corrected chi connectivity index (χ0v) is 19.2. The first-order valence-corrected chi connectivity index (χ1v) is 10.6. The molecule has 7 nitrogen and oxygen atoms in total. The van der Waals surface area contributed by atoms with Gasteiger partial charge in [-0.15, -0.1) is 24.8 Å². The van der Waals surface area contributed by atoms with Crippen LogP contribution in [0.5, 0.6) is 0 Å². The summed E-state index contributed by atoms with van der Waals surface area (Å²) in [5.74, 6) is 0.851. The van der Waals surface area contributed by atoms with E-state index in [0.717, 1.165) is 50.3 Å². The van der Waals surface area contributed by atoms with Crippen molar-refractivity contribution in [3.63, 3.8) is 0 Å². The van der Waals surface area contributed by atoms with Crippen LogP contribution in [0.3, 0.4) is 0 Å². The Hall–Kier alpha value is -1.70. The molecule has 0 spiro atoms. The quantitative estimate of drug-likeness (QED) is 0.687. The number of likely N-dealkylation sites (tertiary alicyclic amines) is 2. The Balaban J connectivity index is 0.00000160. The monoisotopic (exact) mass is 454 g/mol. The molecule has 166 valence electrons. The number of hydrogen-bond donors (Lipinski definition) is 0. The summed E-state index contributed by atoms with van der Waals surface area (Å²) >= 11 is 0. The molecule has 4 rings (SSSR count). The minimum atomic E-state index is 0. The lowest BCUT2D eigenvalue weighted by Gasteiger charge is -2.36. The van der Waals surface area contributed by atoms with Crippen molar-refractivity contribution < 1.29 is 4.79 Å². The van der Waals surface area contributed by atoms with Crippen LogP contribution < -0.4 is 0 Å². The van der Waals surface area contributed by atoms with Gasteiger partial charge in [0.2, 0.25) is 5.91 Å². The molecule has 0 aromatic carbocycles. The summed E-state index contributed by atoms with van der Waals surface area (Å²) in [5, 5.41) is 4.56. The molecule has 0 bridgehead atoms. The highest BCUT2D eigenvalue weighted by molar-refractivity contribution is 5.85. The van der Waals surface area contributed by atoms with E-state index in [9.17, 15) is 4.79 Å². The van der Waals surface area contributed by atoms with Crippen molar-refractivity contribution in [2.45, 2.75) is 57.9 Å². The normalized spacial score (nSPS) is 18.2. The molecule has 1 unspecified atom stereocenters. The molecule has 1 amide bonds. The van der Waals surface area contributed by atoms with Gasteiger partial charge < -0.3 is 4.90 Å². The summed E-state index contributed by atoms with van der Waals surface area (Å²) in [6.45, 7) is 5.96. The molecule has 9 heteroatoms. The number of hydrogen-bond acceptors (Lipinski definition) is 5. The number of halogens is 2. The number of carbonyl (C=O) groups excluding carboxylic acids is 1. The number of nitrogens with zero attached hydrogens (tertiary/aromatic N) is 6. The van der Waals surface area contributed by atoms with Gasteiger partial charge in [-0.05, 0) is 58.2 Å². The van der Waals surface area contributed by atoms with E-state index < -0.39 is 0 Å². The van der Waals surface area contributed by atoms with Crippen LogP contribution in [0.15, 0.2) is 24.7 Å². The molecule has 2 aliphatic heterocycles. The van der Waals surface area contributed by atoms with Crippen molar-refractivity contribution in [1.29, 1.82) is 0 Å². The fourth-order valence-electron chi connectivity index (χ4n) is 4.46. The molecule has 0 N–H and O–H groups in total. The molecule has 30 heavy (non-hydrogen) atoms. The van der Waals surface area contributed by atoms with Gasteiger partial charge in [-0.2, -0.15) is 5.10 Å². The number of piperidine rings is 2. The fraction of sp³-hybridized carbons (Fsp3) is 0.619. The van der Waals surface area contributed by atoms with E-state index in [-0.39, 0.29) is 36.8 Å². The first-order chi connectivity index (χ1) is 13.7. The van der Waals surface area contributed by atoms with Crippen molar-refractivity contribution in [1.82, 2.24) is 29.5 Å². The van der Waals surface area contributed by atoms with Gasteiger partial charge in [-0.25, -0.2) is 14.6 Å². The van der Waals surface area contributed by atoms with Crippen LogP contribution in [0.25, 0.3) is 5.95 Å². The topological polar surface area (TPSA) is 67.2 Å². The second-order valence-corrected chi connectivity index (χ2v) is 7.90. The lowest BCUT2D eigenvalue weighted by molar-refractivity contribution is -0.133. The molecule has 2 aromatic rings. The Labute approximate surface area is 191 Å². The highest BCUT2D eigenvalue weighted by Crippen LogP contribution is 2.31. The lowest BCUT2D eigenvalue weighted by atomic mass is 9.98. The van der Waals surface area contributed by atoms with Crippen LogP contribution in [0.4, 0.5) is 0 Å². The maximum atomic E-state index is 13.1. The third-order valence-electron chi connectivity index (χ3n) is 6.06. The lowest BCUT2D eigenvalue weighted by Crippen LogP contribution is -2.40. The van der Waals surface area contributed by atoms with E-state index in [2.05, 4.69) is 31.8 Å². The molecule has 1 atom stereocenters. The maximum Gasteiger partial charge on any atom is 0.250 e. The number of rotatable bonds is 5. The van der Waals surface area contributed by atoms with Crippen molar-refractivity contribution in [2.75, 3.05) is 26.2 Å². The van der Waals surface area contributed by atoms with Crippen molar-refractivity contribution >= 4 is 30.7 Å². The molecule has 2 aliphatic rings. The highest BCUT2D eigenvalue weighted by Gasteiger charge is 2.30. The Morgan fingerprint density at radius 1 is 0.967 bits per heavy atom. The largest absolute Gasteiger partial charge is 0.343 e. The molecule has 0 radical (unpaired) electrons. The first kappa shape index (κ1) is 24.6. The van der Waals surface area contributed by atoms with Crippen LogP contribution in [0, 0.1) is 6.92 Å². The molecule has 0 aliphatic carbocycles. The predicted molar refractivity (Wildman–Crippen MR) is 122 cm³/mol. The van der Waals surface area contributed by atoms with Crippen molar-refractivity contribution in [3.05, 3.63) is 35.9 Å². The Morgan fingerprint density at radius 2 is 1.57 bits per heavy atom. The summed E-state index contributed by atoms with van der Waals surface area (Å²) in [4.78, 5) is 26.3. The summed E-state index contributed by atoms with van der Waals surface area (Å²) in [6.07, 6.45) is 13.1. The smallest absolute Gasteiger partial charge is 0.250 e. The average molecular weight is 455 g/mol. The third-order valence-corrected chi connectivity index (χ3v) is 6.06. The molecule has 4 heterocycles. The summed E-state index contributed by atoms with van der Waals surface area (Å²) in [5.41, 5.74) is 2.15. The van der Waals surface area contributed by atoms with E-state index in [1.807, 2.05) is 6.20 Å². The van der Waals surface area contributed by atoms with E-state index in [1.54, 1.807) is 23.1 Å². The zero-order chi connectivity index (χ0) is 19.3. The Kier molecular flexibility index (Phi) is 9.52. The van der Waals surface area contributed by atoms with E-state index in [4.69, 9.17) is 0 Å². The van der Waals surface area contributed by atoms with Crippen molar-refractivity contribution in [3.8, 4) is 5.95 Å². The fourth-order valence-corrected chi connectivity index (χ4v) is 4.46. The SMILES string of the molecule is Cc1c(C(CC(=O)N2CCCCC2)N2CCCCC2)cnn1-c1ncccn1.Cl.Cl. The molecule has 0 saturated carbocycles. The number of carbonyl (C=O) groups is 1. The first-order valence-electron chi connectivity index (χ1n) is 10.6. The van der Waals surface area contributed by atoms with Gasteiger partial charge in [0.05, 0.1) is 6.20 Å². The highest BCUT2D eigenvalue weighted by atomic mass is 35.5. The Morgan fingerprint density at radius 3 is 2.20 bits per heavy atom. The van der Waals surface area contributed by atoms with E-state index >= 15 is 0 Å². The van der Waals surface area contributed by atoms with Gasteiger partial charge >= 0.3 is 0 Å². The van der Waals surface area contributed by atoms with Gasteiger partial charge in [-0.1, -0.05) is 6.42 Å². The number of aromatic nitrogens is 4. The standard InChI is InChI=1S/C21H30N6O.2ClH/c1-17-18(16-24-27(17)21-22-9-8-10-23-21)19(25-11-4-2-5-12-25)15-20(28)26-13-6-3-7-14-26;;/h8-10,16,19H,2-7,11-15H2,1H3;2*1H. The zero-order valence-electron chi connectivity index (χ0n) is 17.6. The van der Waals surface area contributed by atoms with Gasteiger partial charge in [0.25, 0.3) is 5.95 Å². The van der Waals surface area contributed by atoms with Crippen LogP contribution in [0.2, 0.25) is 0 Å². The second kappa shape index (κ2) is 11.6. The minimum absolute atomic E-state index is 0. The van der Waals surface area contributed by atoms with Gasteiger partial charge in [0, 0.05) is 49.2 Å².